The van der Waals surface area contributed by atoms with Crippen LogP contribution in [-0.2, 0) is 37.1 Å². The van der Waals surface area contributed by atoms with Crippen LogP contribution in [0, 0.1) is 5.92 Å². The van der Waals surface area contributed by atoms with Gasteiger partial charge in [-0.25, -0.2) is 0 Å². The summed E-state index contributed by atoms with van der Waals surface area (Å²) in [5, 5.41) is 0. The SMILES string of the molecule is CC1C2=C(C=C3OCOC31)C1(CO2)C(=O)N(Cc2ccc(C(F)(F)F)o2)c2ccccc21. The number of carbonyl (C=O) groups excluding carboxylic acids is 1. The Labute approximate surface area is 180 Å². The van der Waals surface area contributed by atoms with E-state index in [0.717, 1.165) is 17.2 Å². The van der Waals surface area contributed by atoms with Crippen LogP contribution >= 0.6 is 0 Å². The van der Waals surface area contributed by atoms with Gasteiger partial charge >= 0.3 is 6.18 Å². The predicted molar refractivity (Wildman–Crippen MR) is 104 cm³/mol. The molecule has 0 bridgehead atoms. The Bertz CT molecular complexity index is 1200. The maximum absolute atomic E-state index is 13.9. The Morgan fingerprint density at radius 3 is 2.75 bits per heavy atom. The van der Waals surface area contributed by atoms with E-state index in [2.05, 4.69) is 0 Å². The molecule has 1 aliphatic carbocycles. The zero-order valence-corrected chi connectivity index (χ0v) is 16.9. The molecule has 1 amide bonds. The molecule has 6 nitrogen and oxygen atoms in total. The van der Waals surface area contributed by atoms with Crippen LogP contribution in [0.25, 0.3) is 0 Å². The average molecular weight is 445 g/mol. The van der Waals surface area contributed by atoms with Gasteiger partial charge in [0.2, 0.25) is 11.7 Å². The largest absolute Gasteiger partial charge is 0.495 e. The Morgan fingerprint density at radius 2 is 1.97 bits per heavy atom. The number of ether oxygens (including phenoxy) is 3. The Kier molecular flexibility index (Phi) is 3.90. The third-order valence-electron chi connectivity index (χ3n) is 6.60. The Hall–Kier alpha value is -3.20. The van der Waals surface area contributed by atoms with Gasteiger partial charge in [0.15, 0.2) is 6.79 Å². The van der Waals surface area contributed by atoms with Gasteiger partial charge in [-0.15, -0.1) is 0 Å². The van der Waals surface area contributed by atoms with Crippen molar-refractivity contribution in [1.29, 1.82) is 0 Å². The van der Waals surface area contributed by atoms with Crippen molar-refractivity contribution in [3.63, 3.8) is 0 Å². The second-order valence-corrected chi connectivity index (χ2v) is 8.33. The van der Waals surface area contributed by atoms with Gasteiger partial charge in [-0.05, 0) is 29.8 Å². The average Bonchev–Trinajstić information content (AvgIpc) is 3.53. The van der Waals surface area contributed by atoms with Gasteiger partial charge in [0.05, 0.1) is 6.54 Å². The van der Waals surface area contributed by atoms with Crippen LogP contribution in [0.4, 0.5) is 18.9 Å². The molecule has 4 heterocycles. The number of amides is 1. The number of anilines is 1. The minimum absolute atomic E-state index is 0.0496. The number of allylic oxidation sites excluding steroid dienone is 1. The first-order valence-corrected chi connectivity index (χ1v) is 10.2. The van der Waals surface area contributed by atoms with E-state index >= 15 is 0 Å². The van der Waals surface area contributed by atoms with Gasteiger partial charge in [-0.3, -0.25) is 4.79 Å². The number of alkyl halides is 3. The highest BCUT2D eigenvalue weighted by atomic mass is 19.4. The molecule has 2 aromatic rings. The highest BCUT2D eigenvalue weighted by Gasteiger charge is 2.60. The molecule has 1 fully saturated rings. The monoisotopic (exact) mass is 445 g/mol. The maximum atomic E-state index is 13.9. The van der Waals surface area contributed by atoms with Crippen molar-refractivity contribution >= 4 is 11.6 Å². The molecule has 3 unspecified atom stereocenters. The van der Waals surface area contributed by atoms with Gasteiger partial charge < -0.3 is 23.5 Å². The summed E-state index contributed by atoms with van der Waals surface area (Å²) in [7, 11) is 0. The number of nitrogens with zero attached hydrogens (tertiary/aromatic N) is 1. The predicted octanol–water partition coefficient (Wildman–Crippen LogP) is 4.27. The van der Waals surface area contributed by atoms with Crippen molar-refractivity contribution in [2.45, 2.75) is 31.2 Å². The minimum Gasteiger partial charge on any atom is -0.495 e. The summed E-state index contributed by atoms with van der Waals surface area (Å²) in [5.41, 5.74) is 0.997. The van der Waals surface area contributed by atoms with Crippen molar-refractivity contribution in [2.24, 2.45) is 5.92 Å². The van der Waals surface area contributed by atoms with Crippen molar-refractivity contribution in [1.82, 2.24) is 0 Å². The number of benzene rings is 1. The molecule has 9 heteroatoms. The number of rotatable bonds is 2. The van der Waals surface area contributed by atoms with E-state index in [1.54, 1.807) is 12.1 Å². The number of carbonyl (C=O) groups is 1. The molecule has 1 spiro atoms. The fraction of sp³-hybridized carbons (Fsp3) is 0.348. The zero-order chi connectivity index (χ0) is 22.3. The van der Waals surface area contributed by atoms with Crippen molar-refractivity contribution in [2.75, 3.05) is 18.3 Å². The summed E-state index contributed by atoms with van der Waals surface area (Å²) in [6.07, 6.45) is -3.02. The van der Waals surface area contributed by atoms with E-state index in [9.17, 15) is 18.0 Å². The molecule has 3 atom stereocenters. The molecule has 0 N–H and O–H groups in total. The van der Waals surface area contributed by atoms with E-state index in [1.807, 2.05) is 25.1 Å². The maximum Gasteiger partial charge on any atom is 0.449 e. The second kappa shape index (κ2) is 6.41. The van der Waals surface area contributed by atoms with Gasteiger partial charge in [0.1, 0.15) is 35.4 Å². The molecule has 166 valence electrons. The molecule has 32 heavy (non-hydrogen) atoms. The lowest BCUT2D eigenvalue weighted by atomic mass is 9.73. The second-order valence-electron chi connectivity index (χ2n) is 8.33. The molecular formula is C23H18F3NO5. The van der Waals surface area contributed by atoms with Crippen LogP contribution in [0.3, 0.4) is 0 Å². The number of hydrogen-bond acceptors (Lipinski definition) is 5. The highest BCUT2D eigenvalue weighted by Crippen LogP contribution is 2.55. The first-order valence-electron chi connectivity index (χ1n) is 10.2. The number of halogens is 3. The molecular weight excluding hydrogens is 427 g/mol. The summed E-state index contributed by atoms with van der Waals surface area (Å²) < 4.78 is 61.3. The molecule has 6 rings (SSSR count). The highest BCUT2D eigenvalue weighted by molar-refractivity contribution is 6.11. The summed E-state index contributed by atoms with van der Waals surface area (Å²) in [4.78, 5) is 15.4. The first-order chi connectivity index (χ1) is 15.3. The third kappa shape index (κ3) is 2.48. The lowest BCUT2D eigenvalue weighted by Gasteiger charge is -2.27. The fourth-order valence-electron chi connectivity index (χ4n) is 5.11. The van der Waals surface area contributed by atoms with Crippen LogP contribution in [0.2, 0.25) is 0 Å². The number of fused-ring (bicyclic) bond motifs is 4. The zero-order valence-electron chi connectivity index (χ0n) is 16.9. The lowest BCUT2D eigenvalue weighted by Crippen LogP contribution is -2.42. The van der Waals surface area contributed by atoms with Crippen LogP contribution in [0.5, 0.6) is 0 Å². The van der Waals surface area contributed by atoms with Crippen LogP contribution in [0.1, 0.15) is 24.0 Å². The third-order valence-corrected chi connectivity index (χ3v) is 6.60. The summed E-state index contributed by atoms with van der Waals surface area (Å²) in [6, 6.07) is 9.39. The van der Waals surface area contributed by atoms with Crippen LogP contribution in [0.15, 0.2) is 64.0 Å². The summed E-state index contributed by atoms with van der Waals surface area (Å²) >= 11 is 0. The van der Waals surface area contributed by atoms with Crippen molar-refractivity contribution in [3.05, 3.63) is 76.6 Å². The minimum atomic E-state index is -4.59. The van der Waals surface area contributed by atoms with Crippen molar-refractivity contribution < 1.29 is 36.6 Å². The summed E-state index contributed by atoms with van der Waals surface area (Å²) in [5.74, 6) is -0.0899. The molecule has 4 aliphatic rings. The molecule has 1 saturated heterocycles. The molecule has 3 aliphatic heterocycles. The number of para-hydroxylation sites is 1. The van der Waals surface area contributed by atoms with Gasteiger partial charge in [-0.2, -0.15) is 13.2 Å². The normalized spacial score (nSPS) is 28.4. The van der Waals surface area contributed by atoms with Crippen LogP contribution < -0.4 is 4.90 Å². The molecule has 0 radical (unpaired) electrons. The first kappa shape index (κ1) is 19.5. The van der Waals surface area contributed by atoms with Gasteiger partial charge in [0, 0.05) is 17.2 Å². The van der Waals surface area contributed by atoms with Gasteiger partial charge in [-0.1, -0.05) is 25.1 Å². The van der Waals surface area contributed by atoms with E-state index in [4.69, 9.17) is 18.6 Å². The quantitative estimate of drug-likeness (QED) is 0.691. The Morgan fingerprint density at radius 1 is 1.16 bits per heavy atom. The molecule has 1 aromatic heterocycles. The molecule has 0 saturated carbocycles. The van der Waals surface area contributed by atoms with E-state index in [0.29, 0.717) is 17.2 Å². The van der Waals surface area contributed by atoms with Gasteiger partial charge in [0.25, 0.3) is 0 Å². The summed E-state index contributed by atoms with van der Waals surface area (Å²) in [6.45, 7) is 2.10. The topological polar surface area (TPSA) is 61.1 Å². The molecule has 1 aromatic carbocycles. The lowest BCUT2D eigenvalue weighted by molar-refractivity contribution is -0.153. The van der Waals surface area contributed by atoms with E-state index < -0.39 is 17.4 Å². The van der Waals surface area contributed by atoms with E-state index in [1.165, 1.54) is 11.0 Å². The van der Waals surface area contributed by atoms with Crippen molar-refractivity contribution in [3.8, 4) is 0 Å². The Balaban J connectivity index is 1.43. The standard InChI is InChI=1S/C23H18F3NO5/c1-12-19-15(8-17-20(12)31-11-30-17)22(10-29-19)14-4-2-3-5-16(14)27(21(22)28)9-13-6-7-18(32-13)23(24,25)26/h2-8,12,20H,9-11H2,1H3. The fourth-order valence-corrected chi connectivity index (χ4v) is 5.11. The van der Waals surface area contributed by atoms with Crippen LogP contribution in [-0.4, -0.2) is 25.4 Å². The number of furan rings is 1. The van der Waals surface area contributed by atoms with E-state index in [-0.39, 0.29) is 43.6 Å². The smallest absolute Gasteiger partial charge is 0.449 e. The number of hydrogen-bond donors (Lipinski definition) is 0.